The maximum Gasteiger partial charge on any atom is 0.123 e. The molecule has 72 valence electrons. The molecule has 0 bridgehead atoms. The third-order valence-corrected chi connectivity index (χ3v) is 2.42. The molecule has 1 aromatic rings. The van der Waals surface area contributed by atoms with E-state index in [0.29, 0.717) is 6.42 Å². The Morgan fingerprint density at radius 1 is 1.50 bits per heavy atom. The van der Waals surface area contributed by atoms with E-state index in [1.807, 2.05) is 12.1 Å². The fourth-order valence-corrected chi connectivity index (χ4v) is 1.83. The van der Waals surface area contributed by atoms with Crippen molar-refractivity contribution in [3.8, 4) is 11.8 Å². The molecule has 0 amide bonds. The van der Waals surface area contributed by atoms with Gasteiger partial charge in [-0.1, -0.05) is 12.1 Å². The first-order valence-electron chi connectivity index (χ1n) is 4.78. The standard InChI is InChI=1S/C12H13NO/c1-12(2)8-10-4-3-9(5-6-13)7-11(10)14-12/h3-4,7H,5,8H2,1-2H3. The highest BCUT2D eigenvalue weighted by Gasteiger charge is 2.29. The molecule has 2 rings (SSSR count). The maximum atomic E-state index is 8.58. The minimum atomic E-state index is -0.0897. The van der Waals surface area contributed by atoms with E-state index in [4.69, 9.17) is 10.00 Å². The largest absolute Gasteiger partial charge is 0.487 e. The monoisotopic (exact) mass is 187 g/mol. The number of benzene rings is 1. The van der Waals surface area contributed by atoms with Crippen LogP contribution in [0.1, 0.15) is 25.0 Å². The van der Waals surface area contributed by atoms with Crippen LogP contribution in [0.5, 0.6) is 5.75 Å². The summed E-state index contributed by atoms with van der Waals surface area (Å²) in [5.74, 6) is 0.947. The summed E-state index contributed by atoms with van der Waals surface area (Å²) in [5, 5.41) is 8.58. The Morgan fingerprint density at radius 2 is 2.29 bits per heavy atom. The van der Waals surface area contributed by atoms with Crippen molar-refractivity contribution in [1.82, 2.24) is 0 Å². The predicted octanol–water partition coefficient (Wildman–Crippen LogP) is 2.47. The van der Waals surface area contributed by atoms with E-state index in [1.165, 1.54) is 5.56 Å². The van der Waals surface area contributed by atoms with Gasteiger partial charge in [-0.25, -0.2) is 0 Å². The molecule has 0 aromatic heterocycles. The molecule has 1 heterocycles. The van der Waals surface area contributed by atoms with Crippen LogP contribution >= 0.6 is 0 Å². The molecule has 1 aliphatic heterocycles. The highest BCUT2D eigenvalue weighted by atomic mass is 16.5. The quantitative estimate of drug-likeness (QED) is 0.676. The molecule has 14 heavy (non-hydrogen) atoms. The van der Waals surface area contributed by atoms with Gasteiger partial charge in [0, 0.05) is 6.42 Å². The highest BCUT2D eigenvalue weighted by Crippen LogP contribution is 2.35. The van der Waals surface area contributed by atoms with Crippen LogP contribution in [0, 0.1) is 11.3 Å². The number of ether oxygens (including phenoxy) is 1. The minimum Gasteiger partial charge on any atom is -0.487 e. The second kappa shape index (κ2) is 3.02. The van der Waals surface area contributed by atoms with Gasteiger partial charge >= 0.3 is 0 Å². The van der Waals surface area contributed by atoms with E-state index in [-0.39, 0.29) is 5.60 Å². The van der Waals surface area contributed by atoms with Crippen molar-refractivity contribution in [2.75, 3.05) is 0 Å². The number of hydrogen-bond donors (Lipinski definition) is 0. The summed E-state index contributed by atoms with van der Waals surface area (Å²) in [5.41, 5.74) is 2.19. The summed E-state index contributed by atoms with van der Waals surface area (Å²) in [6.45, 7) is 4.16. The third-order valence-electron chi connectivity index (χ3n) is 2.42. The van der Waals surface area contributed by atoms with Crippen LogP contribution in [0.25, 0.3) is 0 Å². The third kappa shape index (κ3) is 1.58. The van der Waals surface area contributed by atoms with Crippen LogP contribution < -0.4 is 4.74 Å². The summed E-state index contributed by atoms with van der Waals surface area (Å²) in [6.07, 6.45) is 1.41. The Bertz CT molecular complexity index is 401. The average Bonchev–Trinajstić information content (AvgIpc) is 2.38. The van der Waals surface area contributed by atoms with E-state index < -0.39 is 0 Å². The van der Waals surface area contributed by atoms with Crippen molar-refractivity contribution in [2.45, 2.75) is 32.3 Å². The lowest BCUT2D eigenvalue weighted by atomic mass is 10.0. The second-order valence-electron chi connectivity index (χ2n) is 4.32. The van der Waals surface area contributed by atoms with Crippen LogP contribution in [-0.2, 0) is 12.8 Å². The van der Waals surface area contributed by atoms with Gasteiger partial charge in [-0.05, 0) is 31.0 Å². The van der Waals surface area contributed by atoms with Gasteiger partial charge in [0.15, 0.2) is 0 Å². The van der Waals surface area contributed by atoms with Crippen molar-refractivity contribution in [3.63, 3.8) is 0 Å². The molecule has 0 unspecified atom stereocenters. The predicted molar refractivity (Wildman–Crippen MR) is 54.2 cm³/mol. The Kier molecular flexibility index (Phi) is 1.96. The van der Waals surface area contributed by atoms with E-state index in [2.05, 4.69) is 26.0 Å². The molecule has 1 aliphatic rings. The molecule has 2 heteroatoms. The summed E-state index contributed by atoms with van der Waals surface area (Å²) in [6, 6.07) is 8.19. The molecule has 0 fully saturated rings. The fourth-order valence-electron chi connectivity index (χ4n) is 1.83. The number of fused-ring (bicyclic) bond motifs is 1. The van der Waals surface area contributed by atoms with Gasteiger partial charge in [0.1, 0.15) is 11.4 Å². The van der Waals surface area contributed by atoms with Gasteiger partial charge < -0.3 is 4.74 Å². The van der Waals surface area contributed by atoms with Crippen molar-refractivity contribution in [1.29, 1.82) is 5.26 Å². The van der Waals surface area contributed by atoms with Crippen LogP contribution in [0.3, 0.4) is 0 Å². The van der Waals surface area contributed by atoms with Crippen molar-refractivity contribution >= 4 is 0 Å². The highest BCUT2D eigenvalue weighted by molar-refractivity contribution is 5.42. The summed E-state index contributed by atoms with van der Waals surface area (Å²) >= 11 is 0. The normalized spacial score (nSPS) is 16.9. The van der Waals surface area contributed by atoms with Gasteiger partial charge in [0.05, 0.1) is 12.5 Å². The lowest BCUT2D eigenvalue weighted by Crippen LogP contribution is -2.24. The molecule has 0 aliphatic carbocycles. The molecule has 2 nitrogen and oxygen atoms in total. The molecule has 0 saturated carbocycles. The first kappa shape index (κ1) is 9.08. The van der Waals surface area contributed by atoms with Crippen LogP contribution in [0.2, 0.25) is 0 Å². The zero-order valence-corrected chi connectivity index (χ0v) is 8.50. The molecule has 0 N–H and O–H groups in total. The number of nitriles is 1. The van der Waals surface area contributed by atoms with Gasteiger partial charge in [-0.2, -0.15) is 5.26 Å². The summed E-state index contributed by atoms with van der Waals surface area (Å²) in [7, 11) is 0. The first-order chi connectivity index (χ1) is 6.61. The molecule has 0 spiro atoms. The Hall–Kier alpha value is -1.49. The zero-order chi connectivity index (χ0) is 10.2. The summed E-state index contributed by atoms with van der Waals surface area (Å²) < 4.78 is 5.77. The van der Waals surface area contributed by atoms with Gasteiger partial charge in [-0.3, -0.25) is 0 Å². The Morgan fingerprint density at radius 3 is 3.00 bits per heavy atom. The van der Waals surface area contributed by atoms with Crippen LogP contribution in [0.4, 0.5) is 0 Å². The Balaban J connectivity index is 2.32. The topological polar surface area (TPSA) is 33.0 Å². The lowest BCUT2D eigenvalue weighted by Gasteiger charge is -2.16. The number of nitrogens with zero attached hydrogens (tertiary/aromatic N) is 1. The number of hydrogen-bond acceptors (Lipinski definition) is 2. The molecule has 0 atom stereocenters. The Labute approximate surface area is 84.1 Å². The van der Waals surface area contributed by atoms with E-state index in [1.54, 1.807) is 0 Å². The van der Waals surface area contributed by atoms with Crippen LogP contribution in [-0.4, -0.2) is 5.60 Å². The van der Waals surface area contributed by atoms with Crippen LogP contribution in [0.15, 0.2) is 18.2 Å². The summed E-state index contributed by atoms with van der Waals surface area (Å²) in [4.78, 5) is 0. The molecule has 0 radical (unpaired) electrons. The first-order valence-corrected chi connectivity index (χ1v) is 4.78. The van der Waals surface area contributed by atoms with Gasteiger partial charge in [0.2, 0.25) is 0 Å². The average molecular weight is 187 g/mol. The molecular formula is C12H13NO. The zero-order valence-electron chi connectivity index (χ0n) is 8.50. The van der Waals surface area contributed by atoms with Crippen molar-refractivity contribution < 1.29 is 4.74 Å². The molecular weight excluding hydrogens is 174 g/mol. The van der Waals surface area contributed by atoms with E-state index >= 15 is 0 Å². The fraction of sp³-hybridized carbons (Fsp3) is 0.417. The second-order valence-corrected chi connectivity index (χ2v) is 4.32. The SMILES string of the molecule is CC1(C)Cc2ccc(CC#N)cc2O1. The van der Waals surface area contributed by atoms with Gasteiger partial charge in [-0.15, -0.1) is 0 Å². The minimum absolute atomic E-state index is 0.0897. The smallest absolute Gasteiger partial charge is 0.123 e. The van der Waals surface area contributed by atoms with Gasteiger partial charge in [0.25, 0.3) is 0 Å². The maximum absolute atomic E-state index is 8.58. The molecule has 1 aromatic carbocycles. The van der Waals surface area contributed by atoms with Crippen molar-refractivity contribution in [3.05, 3.63) is 29.3 Å². The van der Waals surface area contributed by atoms with Crippen molar-refractivity contribution in [2.24, 2.45) is 0 Å². The number of rotatable bonds is 1. The molecule has 0 saturated heterocycles. The lowest BCUT2D eigenvalue weighted by molar-refractivity contribution is 0.138. The van der Waals surface area contributed by atoms with E-state index in [9.17, 15) is 0 Å². The van der Waals surface area contributed by atoms with E-state index in [0.717, 1.165) is 17.7 Å².